The van der Waals surface area contributed by atoms with Gasteiger partial charge in [-0.15, -0.1) is 0 Å². The van der Waals surface area contributed by atoms with Gasteiger partial charge in [-0.05, 0) is 12.8 Å². The zero-order chi connectivity index (χ0) is 12.9. The molecule has 1 aliphatic heterocycles. The highest BCUT2D eigenvalue weighted by Crippen LogP contribution is 2.36. The van der Waals surface area contributed by atoms with Crippen LogP contribution in [0.4, 0.5) is 0 Å². The van der Waals surface area contributed by atoms with Crippen molar-refractivity contribution in [1.29, 1.82) is 0 Å². The van der Waals surface area contributed by atoms with Crippen molar-refractivity contribution in [2.45, 2.75) is 51.6 Å². The summed E-state index contributed by atoms with van der Waals surface area (Å²) in [6, 6.07) is 0. The van der Waals surface area contributed by atoms with Crippen molar-refractivity contribution in [2.75, 3.05) is 18.1 Å². The summed E-state index contributed by atoms with van der Waals surface area (Å²) < 4.78 is 23.0. The van der Waals surface area contributed by atoms with Gasteiger partial charge in [0.2, 0.25) is 0 Å². The molecular weight excluding hydrogens is 238 g/mol. The first-order valence-electron chi connectivity index (χ1n) is 6.54. The normalized spacial score (nSPS) is 29.4. The summed E-state index contributed by atoms with van der Waals surface area (Å²) in [7, 11) is -2.99. The molecule has 17 heavy (non-hydrogen) atoms. The van der Waals surface area contributed by atoms with Gasteiger partial charge in [0.15, 0.2) is 9.84 Å². The Labute approximate surface area is 105 Å². The van der Waals surface area contributed by atoms with Crippen LogP contribution in [0, 0.1) is 5.41 Å². The lowest BCUT2D eigenvalue weighted by atomic mass is 9.79. The Kier molecular flexibility index (Phi) is 5.41. The minimum absolute atomic E-state index is 0.0610. The van der Waals surface area contributed by atoms with Crippen LogP contribution >= 0.6 is 0 Å². The van der Waals surface area contributed by atoms with Crippen molar-refractivity contribution in [3.05, 3.63) is 0 Å². The van der Waals surface area contributed by atoms with E-state index in [0.717, 1.165) is 19.3 Å². The highest BCUT2D eigenvalue weighted by atomic mass is 32.2. The maximum Gasteiger partial charge on any atom is 0.151 e. The monoisotopic (exact) mass is 263 g/mol. The summed E-state index contributed by atoms with van der Waals surface area (Å²) >= 11 is 0. The molecule has 102 valence electrons. The number of rotatable bonds is 7. The van der Waals surface area contributed by atoms with Gasteiger partial charge in [0.05, 0.1) is 17.6 Å². The Hall–Kier alpha value is -0.130. The van der Waals surface area contributed by atoms with E-state index in [1.807, 2.05) is 0 Å². The number of hydrogen-bond acceptors (Lipinski definition) is 4. The molecular formula is C12H25NO3S. The number of unbranched alkanes of at least 4 members (excludes halogenated alkanes) is 3. The van der Waals surface area contributed by atoms with E-state index in [2.05, 4.69) is 6.92 Å². The van der Waals surface area contributed by atoms with Gasteiger partial charge in [-0.25, -0.2) is 8.42 Å². The smallest absolute Gasteiger partial charge is 0.151 e. The molecule has 0 bridgehead atoms. The fraction of sp³-hybridized carbons (Fsp3) is 1.00. The minimum atomic E-state index is -2.99. The Balaban J connectivity index is 2.50. The largest absolute Gasteiger partial charge is 0.392 e. The summed E-state index contributed by atoms with van der Waals surface area (Å²) in [4.78, 5) is 0. The van der Waals surface area contributed by atoms with Crippen molar-refractivity contribution in [3.8, 4) is 0 Å². The number of aliphatic hydroxyl groups excluding tert-OH is 1. The molecule has 1 saturated heterocycles. The fourth-order valence-electron chi connectivity index (χ4n) is 2.57. The minimum Gasteiger partial charge on any atom is -0.392 e. The molecule has 0 amide bonds. The SMILES string of the molecule is CCCCCCC(O)C1(CN)CCS(=O)(=O)C1. The van der Waals surface area contributed by atoms with Crippen molar-refractivity contribution in [1.82, 2.24) is 0 Å². The van der Waals surface area contributed by atoms with Crippen LogP contribution in [0.5, 0.6) is 0 Å². The third-order valence-corrected chi connectivity index (χ3v) is 5.70. The van der Waals surface area contributed by atoms with Gasteiger partial charge >= 0.3 is 0 Å². The lowest BCUT2D eigenvalue weighted by molar-refractivity contribution is 0.0391. The van der Waals surface area contributed by atoms with Crippen LogP contribution in [-0.4, -0.2) is 37.7 Å². The summed E-state index contributed by atoms with van der Waals surface area (Å²) in [6.45, 7) is 2.41. The van der Waals surface area contributed by atoms with E-state index in [9.17, 15) is 13.5 Å². The molecule has 0 aliphatic carbocycles. The molecule has 5 heteroatoms. The van der Waals surface area contributed by atoms with Gasteiger partial charge in [-0.1, -0.05) is 32.6 Å². The standard InChI is InChI=1S/C12H25NO3S/c1-2-3-4-5-6-11(14)12(9-13)7-8-17(15,16)10-12/h11,14H,2-10,13H2,1H3. The van der Waals surface area contributed by atoms with E-state index < -0.39 is 21.4 Å². The first kappa shape index (κ1) is 14.9. The molecule has 1 aliphatic rings. The number of nitrogens with two attached hydrogens (primary N) is 1. The number of aliphatic hydroxyl groups is 1. The van der Waals surface area contributed by atoms with Crippen molar-refractivity contribution < 1.29 is 13.5 Å². The molecule has 0 aromatic carbocycles. The van der Waals surface area contributed by atoms with E-state index in [0.29, 0.717) is 12.8 Å². The second-order valence-electron chi connectivity index (χ2n) is 5.27. The third-order valence-electron chi connectivity index (χ3n) is 3.86. The molecule has 4 nitrogen and oxygen atoms in total. The van der Waals surface area contributed by atoms with Gasteiger partial charge in [0.25, 0.3) is 0 Å². The lowest BCUT2D eigenvalue weighted by Gasteiger charge is -2.31. The van der Waals surface area contributed by atoms with Crippen LogP contribution in [-0.2, 0) is 9.84 Å². The predicted molar refractivity (Wildman–Crippen MR) is 69.5 cm³/mol. The van der Waals surface area contributed by atoms with Gasteiger partial charge in [-0.2, -0.15) is 0 Å². The first-order chi connectivity index (χ1) is 7.96. The number of hydrogen-bond donors (Lipinski definition) is 2. The number of sulfone groups is 1. The molecule has 2 unspecified atom stereocenters. The van der Waals surface area contributed by atoms with Crippen molar-refractivity contribution >= 4 is 9.84 Å². The molecule has 0 aromatic rings. The summed E-state index contributed by atoms with van der Waals surface area (Å²) in [5.74, 6) is 0.238. The summed E-state index contributed by atoms with van der Waals surface area (Å²) in [5.41, 5.74) is 5.12. The van der Waals surface area contributed by atoms with E-state index in [4.69, 9.17) is 5.73 Å². The molecule has 0 aromatic heterocycles. The lowest BCUT2D eigenvalue weighted by Crippen LogP contribution is -2.42. The Bertz CT molecular complexity index is 329. The van der Waals surface area contributed by atoms with E-state index in [-0.39, 0.29) is 18.1 Å². The molecule has 0 saturated carbocycles. The van der Waals surface area contributed by atoms with E-state index in [1.54, 1.807) is 0 Å². The third kappa shape index (κ3) is 3.93. The van der Waals surface area contributed by atoms with Crippen LogP contribution in [0.1, 0.15) is 45.4 Å². The van der Waals surface area contributed by atoms with Crippen molar-refractivity contribution in [3.63, 3.8) is 0 Å². The molecule has 0 radical (unpaired) electrons. The molecule has 1 rings (SSSR count). The second-order valence-corrected chi connectivity index (χ2v) is 7.46. The quantitative estimate of drug-likeness (QED) is 0.674. The van der Waals surface area contributed by atoms with E-state index in [1.165, 1.54) is 6.42 Å². The van der Waals surface area contributed by atoms with Crippen LogP contribution in [0.25, 0.3) is 0 Å². The highest BCUT2D eigenvalue weighted by Gasteiger charge is 2.45. The molecule has 2 atom stereocenters. The Morgan fingerprint density at radius 1 is 1.35 bits per heavy atom. The van der Waals surface area contributed by atoms with Gasteiger partial charge in [0, 0.05) is 12.0 Å². The fourth-order valence-corrected chi connectivity index (χ4v) is 4.76. The van der Waals surface area contributed by atoms with Crippen LogP contribution < -0.4 is 5.73 Å². The second kappa shape index (κ2) is 6.16. The molecule has 0 spiro atoms. The maximum atomic E-state index is 11.5. The molecule has 1 heterocycles. The highest BCUT2D eigenvalue weighted by molar-refractivity contribution is 7.91. The van der Waals surface area contributed by atoms with Crippen LogP contribution in [0.3, 0.4) is 0 Å². The van der Waals surface area contributed by atoms with E-state index >= 15 is 0 Å². The molecule has 1 fully saturated rings. The summed E-state index contributed by atoms with van der Waals surface area (Å²) in [6.07, 6.45) is 5.00. The summed E-state index contributed by atoms with van der Waals surface area (Å²) in [5, 5.41) is 10.2. The van der Waals surface area contributed by atoms with Gasteiger partial charge < -0.3 is 10.8 Å². The average molecular weight is 263 g/mol. The topological polar surface area (TPSA) is 80.4 Å². The molecule has 3 N–H and O–H groups in total. The predicted octanol–water partition coefficient (Wildman–Crippen LogP) is 1.08. The zero-order valence-electron chi connectivity index (χ0n) is 10.7. The van der Waals surface area contributed by atoms with Gasteiger partial charge in [-0.3, -0.25) is 0 Å². The van der Waals surface area contributed by atoms with Gasteiger partial charge in [0.1, 0.15) is 0 Å². The maximum absolute atomic E-state index is 11.5. The zero-order valence-corrected chi connectivity index (χ0v) is 11.5. The Morgan fingerprint density at radius 2 is 2.06 bits per heavy atom. The van der Waals surface area contributed by atoms with Crippen LogP contribution in [0.2, 0.25) is 0 Å². The first-order valence-corrected chi connectivity index (χ1v) is 8.36. The Morgan fingerprint density at radius 3 is 2.53 bits per heavy atom. The van der Waals surface area contributed by atoms with Crippen LogP contribution in [0.15, 0.2) is 0 Å². The average Bonchev–Trinajstić information content (AvgIpc) is 2.61. The van der Waals surface area contributed by atoms with Crippen molar-refractivity contribution in [2.24, 2.45) is 11.1 Å².